The number of rotatable bonds is 4. The lowest BCUT2D eigenvalue weighted by Gasteiger charge is -2.48. The predicted octanol–water partition coefficient (Wildman–Crippen LogP) is 3.94. The summed E-state index contributed by atoms with van der Waals surface area (Å²) in [7, 11) is 0. The predicted molar refractivity (Wildman–Crippen MR) is 158 cm³/mol. The Labute approximate surface area is 241 Å². The van der Waals surface area contributed by atoms with Gasteiger partial charge < -0.3 is 19.9 Å². The van der Waals surface area contributed by atoms with E-state index in [4.69, 9.17) is 20.4 Å². The van der Waals surface area contributed by atoms with Crippen molar-refractivity contribution in [3.05, 3.63) is 72.0 Å². The molecule has 7 rings (SSSR count). The van der Waals surface area contributed by atoms with E-state index in [1.807, 2.05) is 44.6 Å². The van der Waals surface area contributed by atoms with E-state index in [9.17, 15) is 4.55 Å². The van der Waals surface area contributed by atoms with Crippen LogP contribution in [0.1, 0.15) is 38.7 Å². The van der Waals surface area contributed by atoms with Crippen molar-refractivity contribution in [2.24, 2.45) is 11.1 Å². The first kappa shape index (κ1) is 25.9. The number of piperidine rings is 1. The molecule has 3 aromatic heterocycles. The molecule has 208 valence electrons. The second-order valence-electron chi connectivity index (χ2n) is 11.4. The maximum absolute atomic E-state index is 13.3. The van der Waals surface area contributed by atoms with Gasteiger partial charge in [-0.25, -0.2) is 15.0 Å². The first-order valence-electron chi connectivity index (χ1n) is 13.7. The van der Waals surface area contributed by atoms with Gasteiger partial charge in [0, 0.05) is 88.4 Å². The zero-order chi connectivity index (χ0) is 27.6. The van der Waals surface area contributed by atoms with Gasteiger partial charge in [-0.15, -0.1) is 4.72 Å². The minimum Gasteiger partial charge on any atom is -0.597 e. The summed E-state index contributed by atoms with van der Waals surface area (Å²) >= 11 is 0.440. The molecule has 11 heteroatoms. The molecule has 3 N–H and O–H groups in total. The molecule has 0 amide bonds. The minimum absolute atomic E-state index is 0.0271. The zero-order valence-corrected chi connectivity index (χ0v) is 24.4. The molecule has 0 aromatic carbocycles. The van der Waals surface area contributed by atoms with Crippen LogP contribution >= 0.6 is 11.8 Å². The van der Waals surface area contributed by atoms with Gasteiger partial charge in [0.05, 0.1) is 17.5 Å². The summed E-state index contributed by atoms with van der Waals surface area (Å²) in [6.07, 6.45) is 14.8. The van der Waals surface area contributed by atoms with Gasteiger partial charge >= 0.3 is 0 Å². The van der Waals surface area contributed by atoms with Crippen molar-refractivity contribution in [1.82, 2.24) is 24.1 Å². The first-order valence-corrected chi connectivity index (χ1v) is 15.6. The molecule has 4 aliphatic rings. The van der Waals surface area contributed by atoms with Crippen LogP contribution in [0, 0.1) is 5.41 Å². The Morgan fingerprint density at radius 2 is 2.05 bits per heavy atom. The van der Waals surface area contributed by atoms with Gasteiger partial charge in [0.1, 0.15) is 0 Å². The number of ether oxygens (including phenoxy) is 1. The molecule has 3 aliphatic heterocycles. The molecule has 1 unspecified atom stereocenters. The van der Waals surface area contributed by atoms with Crippen molar-refractivity contribution < 1.29 is 9.29 Å². The lowest BCUT2D eigenvalue weighted by atomic mass is 9.71. The molecular formula is C29H33N7O2S2. The van der Waals surface area contributed by atoms with Gasteiger partial charge in [0.2, 0.25) is 11.8 Å². The number of fused-ring (bicyclic) bond motifs is 4. The van der Waals surface area contributed by atoms with E-state index in [1.54, 1.807) is 24.0 Å². The Hall–Kier alpha value is -2.99. The van der Waals surface area contributed by atoms with Crippen molar-refractivity contribution in [2.75, 3.05) is 24.6 Å². The fourth-order valence-electron chi connectivity index (χ4n) is 6.75. The van der Waals surface area contributed by atoms with E-state index < -0.39 is 16.1 Å². The second kappa shape index (κ2) is 9.54. The largest absolute Gasteiger partial charge is 0.597 e. The molecule has 2 atom stereocenters. The van der Waals surface area contributed by atoms with Gasteiger partial charge in [-0.05, 0) is 39.2 Å². The molecule has 3 aromatic rings. The molecule has 1 spiro atoms. The molecule has 0 saturated carbocycles. The summed E-state index contributed by atoms with van der Waals surface area (Å²) in [5.74, 6) is 1.62. The fourth-order valence-corrected chi connectivity index (χ4v) is 9.03. The number of nitrogens with two attached hydrogens (primary N) is 1. The molecule has 2 saturated heterocycles. The number of nitrogens with one attached hydrogen (secondary N) is 1. The molecule has 9 nitrogen and oxygen atoms in total. The average molecular weight is 576 g/mol. The number of hydrogen-bond acceptors (Lipinski definition) is 9. The summed E-state index contributed by atoms with van der Waals surface area (Å²) in [6, 6.07) is 2.01. The third-order valence-corrected chi connectivity index (χ3v) is 11.6. The molecule has 0 bridgehead atoms. The van der Waals surface area contributed by atoms with Crippen molar-refractivity contribution in [2.45, 2.75) is 60.1 Å². The number of hydrogen-bond donors (Lipinski definition) is 2. The van der Waals surface area contributed by atoms with Crippen LogP contribution < -0.4 is 20.1 Å². The second-order valence-corrected chi connectivity index (χ2v) is 14.3. The van der Waals surface area contributed by atoms with Gasteiger partial charge in [0.25, 0.3) is 0 Å². The topological polar surface area (TPSA) is 117 Å². The maximum atomic E-state index is 13.3. The molecule has 40 heavy (non-hydrogen) atoms. The monoisotopic (exact) mass is 575 g/mol. The Bertz CT molecular complexity index is 1570. The Morgan fingerprint density at radius 3 is 2.85 bits per heavy atom. The molecule has 0 radical (unpaired) electrons. The van der Waals surface area contributed by atoms with Crippen LogP contribution in [-0.2, 0) is 17.8 Å². The summed E-state index contributed by atoms with van der Waals surface area (Å²) in [5, 5.41) is 0. The van der Waals surface area contributed by atoms with E-state index >= 15 is 0 Å². The Morgan fingerprint density at radius 1 is 1.23 bits per heavy atom. The van der Waals surface area contributed by atoms with Gasteiger partial charge in [-0.1, -0.05) is 30.5 Å². The third kappa shape index (κ3) is 3.89. The van der Waals surface area contributed by atoms with Crippen LogP contribution in [0.4, 0.5) is 5.95 Å². The molecular weight excluding hydrogens is 543 g/mol. The smallest absolute Gasteiger partial charge is 0.217 e. The van der Waals surface area contributed by atoms with Crippen molar-refractivity contribution in [1.29, 1.82) is 0 Å². The van der Waals surface area contributed by atoms with E-state index in [0.29, 0.717) is 6.61 Å². The van der Waals surface area contributed by atoms with Crippen molar-refractivity contribution in [3.63, 3.8) is 0 Å². The maximum Gasteiger partial charge on any atom is 0.217 e. The normalized spacial score (nSPS) is 25.9. The highest BCUT2D eigenvalue weighted by atomic mass is 32.2. The summed E-state index contributed by atoms with van der Waals surface area (Å²) in [4.78, 5) is 18.5. The Balaban J connectivity index is 1.14. The zero-order valence-electron chi connectivity index (χ0n) is 22.7. The van der Waals surface area contributed by atoms with Crippen LogP contribution in [0.3, 0.4) is 0 Å². The van der Waals surface area contributed by atoms with Crippen LogP contribution in [0.15, 0.2) is 76.2 Å². The number of allylic oxidation sites excluding steroid dienone is 3. The van der Waals surface area contributed by atoms with E-state index in [-0.39, 0.29) is 11.5 Å². The fraction of sp³-hybridized carbons (Fsp3) is 0.414. The lowest BCUT2D eigenvalue weighted by molar-refractivity contribution is 0.190. The van der Waals surface area contributed by atoms with Crippen molar-refractivity contribution >= 4 is 34.7 Å². The van der Waals surface area contributed by atoms with Crippen molar-refractivity contribution in [3.8, 4) is 5.88 Å². The number of imidazole rings is 1. The standard InChI is InChI=1S/C29H33N7O2S2/c1-4-5-19-23-20(30)16-29(24(23)34-40(37)28(19,2)3)8-12-35(13-9-29)27-33-17-22(25-31-11-14-36(25)27)39-21-6-10-32-26-18(21)7-15-38-26/h4-6,10-11,14,17,24,34H,1,7-9,12-13,15-16,30H2,2-3H3/b19-5+/t24-,40?/m1/s1. The summed E-state index contributed by atoms with van der Waals surface area (Å²) in [5.41, 5.74) is 11.8. The lowest BCUT2D eigenvalue weighted by Crippen LogP contribution is -2.59. The van der Waals surface area contributed by atoms with E-state index in [1.165, 1.54) is 0 Å². The highest BCUT2D eigenvalue weighted by molar-refractivity contribution is 7.99. The van der Waals surface area contributed by atoms with E-state index in [0.717, 1.165) is 88.4 Å². The molecule has 6 heterocycles. The average Bonchev–Trinajstić information content (AvgIpc) is 3.67. The van der Waals surface area contributed by atoms with Crippen LogP contribution in [0.25, 0.3) is 5.65 Å². The highest BCUT2D eigenvalue weighted by Gasteiger charge is 2.58. The first-order chi connectivity index (χ1) is 19.3. The van der Waals surface area contributed by atoms with Crippen LogP contribution in [-0.4, -0.2) is 54.4 Å². The Kier molecular flexibility index (Phi) is 6.19. The third-order valence-electron chi connectivity index (χ3n) is 8.90. The number of nitrogens with zero attached hydrogens (tertiary/aromatic N) is 5. The number of anilines is 1. The quantitative estimate of drug-likeness (QED) is 0.446. The number of pyridine rings is 1. The highest BCUT2D eigenvalue weighted by Crippen LogP contribution is 2.54. The molecule has 2 fully saturated rings. The van der Waals surface area contributed by atoms with Gasteiger partial charge in [-0.3, -0.25) is 4.40 Å². The van der Waals surface area contributed by atoms with E-state index in [2.05, 4.69) is 25.6 Å². The minimum atomic E-state index is -1.22. The van der Waals surface area contributed by atoms with Crippen LogP contribution in [0.2, 0.25) is 0 Å². The van der Waals surface area contributed by atoms with Gasteiger partial charge in [0.15, 0.2) is 10.4 Å². The van der Waals surface area contributed by atoms with Crippen LogP contribution in [0.5, 0.6) is 5.88 Å². The van der Waals surface area contributed by atoms with Gasteiger partial charge in [-0.2, -0.15) is 0 Å². The summed E-state index contributed by atoms with van der Waals surface area (Å²) in [6.45, 7) is 10.3. The summed E-state index contributed by atoms with van der Waals surface area (Å²) < 4.78 is 24.0. The SMILES string of the molecule is C=C/C=C1\C2=C(N)CC3(CCN(c4ncc(Sc5ccnc6c5CCO6)c5nccn45)CC3)[C@@H]2N[S+]([O-])C1(C)C. The number of aromatic nitrogens is 4. The molecule has 1 aliphatic carbocycles.